The van der Waals surface area contributed by atoms with Crippen molar-refractivity contribution in [1.82, 2.24) is 30.3 Å². The van der Waals surface area contributed by atoms with Gasteiger partial charge in [-0.1, -0.05) is 37.3 Å². The van der Waals surface area contributed by atoms with Gasteiger partial charge in [0.1, 0.15) is 23.2 Å². The van der Waals surface area contributed by atoms with Gasteiger partial charge >= 0.3 is 0 Å². The molecule has 4 bridgehead atoms. The number of ether oxygens (including phenoxy) is 1. The molecule has 0 spiro atoms. The number of likely N-dealkylation sites (tertiary alicyclic amines) is 1. The molecule has 4 heterocycles. The fourth-order valence-electron chi connectivity index (χ4n) is 11.9. The van der Waals surface area contributed by atoms with E-state index in [2.05, 4.69) is 39.1 Å². The molecule has 2 unspecified atom stereocenters. The number of rotatable bonds is 14. The van der Waals surface area contributed by atoms with E-state index in [1.807, 2.05) is 61.4 Å². The number of allylic oxidation sites excluding steroid dienone is 3. The average Bonchev–Trinajstić information content (AvgIpc) is 3.75. The molecule has 2 aromatic heterocycles. The molecule has 3 aromatic rings. The number of dihydropyridines is 1. The number of fused-ring (bicyclic) bond motifs is 1. The maximum absolute atomic E-state index is 10.7. The van der Waals surface area contributed by atoms with Gasteiger partial charge in [0, 0.05) is 67.7 Å². The predicted octanol–water partition coefficient (Wildman–Crippen LogP) is 6.32. The van der Waals surface area contributed by atoms with Gasteiger partial charge in [0.25, 0.3) is 5.95 Å². The summed E-state index contributed by atoms with van der Waals surface area (Å²) in [6.07, 6.45) is 13.5. The second-order valence-electron chi connectivity index (χ2n) is 18.6. The number of amidine groups is 2. The molecule has 0 radical (unpaired) electrons. The van der Waals surface area contributed by atoms with Crippen molar-refractivity contribution >= 4 is 43.9 Å². The number of nitrogens with one attached hydrogen (secondary N) is 3. The molecule has 4 atom stereocenters. The van der Waals surface area contributed by atoms with Gasteiger partial charge in [0.15, 0.2) is 0 Å². The lowest BCUT2D eigenvalue weighted by atomic mass is 9.39. The van der Waals surface area contributed by atoms with E-state index >= 15 is 0 Å². The van der Waals surface area contributed by atoms with Crippen LogP contribution in [0.15, 0.2) is 76.2 Å². The van der Waals surface area contributed by atoms with E-state index < -0.39 is 5.95 Å². The van der Waals surface area contributed by atoms with E-state index in [0.29, 0.717) is 55.0 Å². The fraction of sp³-hybridized carbons (Fsp3) is 0.545. The Kier molecular flexibility index (Phi) is 11.0. The first-order chi connectivity index (χ1) is 28.2. The molecule has 1 saturated heterocycles. The Labute approximate surface area is 349 Å². The van der Waals surface area contributed by atoms with Crippen LogP contribution in [0.4, 0.5) is 5.13 Å². The number of aromatic nitrogens is 3. The van der Waals surface area contributed by atoms with Crippen LogP contribution in [0, 0.1) is 34.5 Å². The number of nitrogens with two attached hydrogens (primary N) is 1. The third-order valence-corrected chi connectivity index (χ3v) is 14.2. The molecule has 14 nitrogen and oxygen atoms in total. The second kappa shape index (κ2) is 15.8. The first-order valence-electron chi connectivity index (χ1n) is 20.8. The largest absolute Gasteiger partial charge is 0.480 e. The van der Waals surface area contributed by atoms with E-state index in [1.165, 1.54) is 17.8 Å². The zero-order chi connectivity index (χ0) is 41.7. The number of hydrogen-bond acceptors (Lipinski definition) is 12. The third kappa shape index (κ3) is 8.07. The fourth-order valence-corrected chi connectivity index (χ4v) is 12.7. The van der Waals surface area contributed by atoms with Crippen LogP contribution in [0.1, 0.15) is 83.4 Å². The van der Waals surface area contributed by atoms with Crippen molar-refractivity contribution < 1.29 is 25.2 Å². The van der Waals surface area contributed by atoms with Crippen LogP contribution < -0.4 is 16.4 Å². The maximum Gasteiger partial charge on any atom is 0.299 e. The van der Waals surface area contributed by atoms with E-state index in [1.54, 1.807) is 0 Å². The number of aliphatic hydroxyl groups is 4. The Morgan fingerprint density at radius 1 is 1.08 bits per heavy atom. The maximum atomic E-state index is 10.7. The number of benzene rings is 1. The molecule has 9 rings (SSSR count). The molecular formula is C44H59N9O5S. The summed E-state index contributed by atoms with van der Waals surface area (Å²) in [7, 11) is 0. The predicted molar refractivity (Wildman–Crippen MR) is 231 cm³/mol. The summed E-state index contributed by atoms with van der Waals surface area (Å²) in [6, 6.07) is 7.86. The van der Waals surface area contributed by atoms with Crippen molar-refractivity contribution in [3.63, 3.8) is 0 Å². The third-order valence-electron chi connectivity index (χ3n) is 13.3. The van der Waals surface area contributed by atoms with Crippen LogP contribution in [-0.4, -0.2) is 96.8 Å². The van der Waals surface area contributed by atoms with E-state index in [9.17, 15) is 25.8 Å². The van der Waals surface area contributed by atoms with E-state index in [-0.39, 0.29) is 52.5 Å². The number of thiazole rings is 1. The summed E-state index contributed by atoms with van der Waals surface area (Å²) in [5.74, 6) is 0.148. The minimum atomic E-state index is -0.838. The topological polar surface area (TPSA) is 210 Å². The number of aliphatic imine (C=N–C) groups is 1. The van der Waals surface area contributed by atoms with Crippen molar-refractivity contribution in [1.29, 1.82) is 5.41 Å². The number of nitrogens with zero attached hydrogens (tertiary/aromatic N) is 5. The zero-order valence-electron chi connectivity index (χ0n) is 34.6. The smallest absolute Gasteiger partial charge is 0.299 e. The molecule has 2 aliphatic heterocycles. The first-order valence-corrected chi connectivity index (χ1v) is 21.7. The molecular weight excluding hydrogens is 767 g/mol. The average molecular weight is 826 g/mol. The van der Waals surface area contributed by atoms with Crippen molar-refractivity contribution in [2.24, 2.45) is 32.9 Å². The minimum Gasteiger partial charge on any atom is -0.480 e. The standard InChI is InChI=1S/C44H59N9O5S/c1-27(37(45)51-40-49-33-9-5-6-10-34(33)59-40)30-8-7-14-52(38(30)46)35-12-11-31(36(50-35)39(56)57)32-17-48-53(28(32)2)26-43-21-41(3)20-42(4,22-43)24-44(23-41,25-43)58-15-13-47-16-29(18-54)19-55/h5-6,9-12,17,29,46-47,50,54-57H,7-8,13-16,18-26H2,1-4H3,(H2,45,49,51)/b30-27-,46-38?/t41-,42+,43?,44?. The van der Waals surface area contributed by atoms with E-state index in [4.69, 9.17) is 15.6 Å². The molecule has 0 amide bonds. The quantitative estimate of drug-likeness (QED) is 0.0390. The molecule has 15 heteroatoms. The summed E-state index contributed by atoms with van der Waals surface area (Å²) < 4.78 is 9.98. The van der Waals surface area contributed by atoms with Crippen molar-refractivity contribution in [2.75, 3.05) is 39.5 Å². The number of hydrogen-bond donors (Lipinski definition) is 8. The summed E-state index contributed by atoms with van der Waals surface area (Å²) in [4.78, 5) is 11.0. The first kappa shape index (κ1) is 41.2. The van der Waals surface area contributed by atoms with Gasteiger partial charge in [-0.3, -0.25) is 10.1 Å². The molecule has 5 fully saturated rings. The second-order valence-corrected chi connectivity index (χ2v) is 19.6. The molecule has 9 N–H and O–H groups in total. The Morgan fingerprint density at radius 2 is 1.83 bits per heavy atom. The van der Waals surface area contributed by atoms with Gasteiger partial charge in [0.2, 0.25) is 5.13 Å². The highest BCUT2D eigenvalue weighted by Crippen LogP contribution is 2.72. The SMILES string of the molecule is CC(/C(N)=N/c1nc2ccccc2s1)=C1\CCCN(C2=CC=C(c3cnn(CC45CC6(OCCNCC(CO)CO)C[C@](C)(C4)C[C@](C)(C5)C6)c3C)C(=C(O)O)N2)C1=N. The molecule has 1 aromatic carbocycles. The van der Waals surface area contributed by atoms with Gasteiger partial charge in [0.05, 0.1) is 28.6 Å². The number of para-hydroxylation sites is 1. The summed E-state index contributed by atoms with van der Waals surface area (Å²) in [6.45, 7) is 11.8. The Bertz CT molecular complexity index is 2230. The van der Waals surface area contributed by atoms with Crippen LogP contribution in [0.3, 0.4) is 0 Å². The van der Waals surface area contributed by atoms with Gasteiger partial charge in [-0.15, -0.1) is 0 Å². The molecule has 4 saturated carbocycles. The lowest BCUT2D eigenvalue weighted by Gasteiger charge is -2.69. The molecule has 4 aliphatic carbocycles. The molecule has 316 valence electrons. The van der Waals surface area contributed by atoms with Crippen LogP contribution in [0.5, 0.6) is 0 Å². The van der Waals surface area contributed by atoms with Crippen molar-refractivity contribution in [2.45, 2.75) is 91.2 Å². The van der Waals surface area contributed by atoms with Gasteiger partial charge in [-0.25, -0.2) is 9.98 Å². The lowest BCUT2D eigenvalue weighted by molar-refractivity contribution is -0.247. The van der Waals surface area contributed by atoms with Gasteiger partial charge in [-0.2, -0.15) is 5.10 Å². The highest BCUT2D eigenvalue weighted by atomic mass is 32.1. The summed E-state index contributed by atoms with van der Waals surface area (Å²) in [5, 5.41) is 61.5. The van der Waals surface area contributed by atoms with E-state index in [0.717, 1.165) is 77.7 Å². The van der Waals surface area contributed by atoms with Gasteiger partial charge in [-0.05, 0) is 111 Å². The highest BCUT2D eigenvalue weighted by molar-refractivity contribution is 7.22. The Morgan fingerprint density at radius 3 is 2.54 bits per heavy atom. The Balaban J connectivity index is 1.00. The number of piperidine rings is 1. The monoisotopic (exact) mass is 825 g/mol. The minimum absolute atomic E-state index is 0.00310. The van der Waals surface area contributed by atoms with Crippen LogP contribution in [0.2, 0.25) is 0 Å². The molecule has 6 aliphatic rings. The van der Waals surface area contributed by atoms with Crippen molar-refractivity contribution in [3.8, 4) is 0 Å². The highest BCUT2D eigenvalue weighted by Gasteiger charge is 2.66. The Hall–Kier alpha value is -4.54. The normalized spacial score (nSPS) is 29.0. The summed E-state index contributed by atoms with van der Waals surface area (Å²) in [5.41, 5.74) is 11.5. The summed E-state index contributed by atoms with van der Waals surface area (Å²) >= 11 is 1.47. The van der Waals surface area contributed by atoms with Crippen LogP contribution in [0.25, 0.3) is 15.8 Å². The zero-order valence-corrected chi connectivity index (χ0v) is 35.5. The van der Waals surface area contributed by atoms with Crippen molar-refractivity contribution in [3.05, 3.63) is 82.5 Å². The van der Waals surface area contributed by atoms with Gasteiger partial charge < -0.3 is 46.4 Å². The molecule has 59 heavy (non-hydrogen) atoms. The van der Waals surface area contributed by atoms with Crippen LogP contribution in [-0.2, 0) is 11.3 Å². The number of aliphatic hydroxyl groups excluding tert-OH is 3. The lowest BCUT2D eigenvalue weighted by Crippen LogP contribution is -2.64. The van der Waals surface area contributed by atoms with Crippen LogP contribution >= 0.6 is 11.3 Å².